The fourth-order valence-corrected chi connectivity index (χ4v) is 0.921. The summed E-state index contributed by atoms with van der Waals surface area (Å²) >= 11 is 0. The van der Waals surface area contributed by atoms with Crippen LogP contribution < -0.4 is 5.43 Å². The van der Waals surface area contributed by atoms with Crippen molar-refractivity contribution in [1.82, 2.24) is 10.4 Å². The molecule has 0 rings (SSSR count). The SMILES string of the molecule is C#CC#CC#CC#CC#CC#CC#CNN(C)C(=O)COCCOC. The summed E-state index contributed by atoms with van der Waals surface area (Å²) in [6.45, 7) is 0.706. The van der Waals surface area contributed by atoms with Crippen LogP contribution in [0.2, 0.25) is 0 Å². The molecule has 122 valence electrons. The van der Waals surface area contributed by atoms with Crippen molar-refractivity contribution in [3.8, 4) is 83.5 Å². The zero-order valence-corrected chi connectivity index (χ0v) is 13.9. The second-order valence-corrected chi connectivity index (χ2v) is 3.75. The third-order valence-corrected chi connectivity index (χ3v) is 2.01. The van der Waals surface area contributed by atoms with E-state index < -0.39 is 0 Å². The summed E-state index contributed by atoms with van der Waals surface area (Å²) in [6, 6.07) is 2.49. The van der Waals surface area contributed by atoms with Crippen molar-refractivity contribution >= 4 is 5.91 Å². The summed E-state index contributed by atoms with van der Waals surface area (Å²) in [5.41, 5.74) is 2.55. The fourth-order valence-electron chi connectivity index (χ4n) is 0.921. The number of nitrogens with one attached hydrogen (secondary N) is 1. The van der Waals surface area contributed by atoms with Crippen molar-refractivity contribution in [1.29, 1.82) is 0 Å². The lowest BCUT2D eigenvalue weighted by Crippen LogP contribution is -2.39. The summed E-state index contributed by atoms with van der Waals surface area (Å²) < 4.78 is 9.88. The highest BCUT2D eigenvalue weighted by Gasteiger charge is 2.06. The predicted octanol–water partition coefficient (Wildman–Crippen LogP) is -0.776. The molecule has 0 spiro atoms. The molecule has 0 saturated heterocycles. The van der Waals surface area contributed by atoms with Crippen molar-refractivity contribution in [3.05, 3.63) is 0 Å². The van der Waals surface area contributed by atoms with Crippen molar-refractivity contribution in [2.45, 2.75) is 0 Å². The van der Waals surface area contributed by atoms with Gasteiger partial charge in [0.15, 0.2) is 0 Å². The van der Waals surface area contributed by atoms with E-state index in [1.807, 2.05) is 0 Å². The topological polar surface area (TPSA) is 50.8 Å². The highest BCUT2D eigenvalue weighted by molar-refractivity contribution is 5.76. The van der Waals surface area contributed by atoms with E-state index in [9.17, 15) is 4.79 Å². The first-order chi connectivity index (χ1) is 12.2. The van der Waals surface area contributed by atoms with Crippen LogP contribution in [0.4, 0.5) is 0 Å². The molecule has 0 heterocycles. The van der Waals surface area contributed by atoms with Crippen LogP contribution in [0.5, 0.6) is 0 Å². The van der Waals surface area contributed by atoms with Gasteiger partial charge in [0, 0.05) is 55.7 Å². The minimum absolute atomic E-state index is 0.0679. The van der Waals surface area contributed by atoms with Crippen LogP contribution in [-0.2, 0) is 14.3 Å². The van der Waals surface area contributed by atoms with Gasteiger partial charge in [0.1, 0.15) is 6.61 Å². The first-order valence-electron chi connectivity index (χ1n) is 6.77. The largest absolute Gasteiger partial charge is 0.382 e. The van der Waals surface area contributed by atoms with Gasteiger partial charge >= 0.3 is 0 Å². The van der Waals surface area contributed by atoms with Crippen LogP contribution in [-0.4, -0.2) is 44.9 Å². The van der Waals surface area contributed by atoms with Crippen LogP contribution in [0.15, 0.2) is 0 Å². The van der Waals surface area contributed by atoms with E-state index in [2.05, 4.69) is 82.5 Å². The number of rotatable bonds is 6. The molecule has 0 unspecified atom stereocenters. The molecule has 0 aliphatic carbocycles. The van der Waals surface area contributed by atoms with Gasteiger partial charge in [-0.15, -0.1) is 6.42 Å². The number of methoxy groups -OCH3 is 1. The van der Waals surface area contributed by atoms with Gasteiger partial charge in [0.2, 0.25) is 0 Å². The standard InChI is InChI=1S/C20H14N2O3/c1-4-5-6-7-8-9-10-11-12-13-14-15-16-21-22(2)20(23)19-25-18-17-24-3/h1,21H,17-19H2,2-3H3. The monoisotopic (exact) mass is 330 g/mol. The number of likely N-dealkylation sites (N-methyl/N-ethyl adjacent to an activating group) is 1. The molecule has 0 radical (unpaired) electrons. The zero-order chi connectivity index (χ0) is 18.6. The lowest BCUT2D eigenvalue weighted by Gasteiger charge is -2.14. The molecule has 0 aromatic carbocycles. The van der Waals surface area contributed by atoms with Gasteiger partial charge in [-0.2, -0.15) is 0 Å². The molecule has 5 nitrogen and oxygen atoms in total. The van der Waals surface area contributed by atoms with Crippen LogP contribution in [0.1, 0.15) is 0 Å². The Hall–Kier alpha value is -3.89. The van der Waals surface area contributed by atoms with Crippen molar-refractivity contribution < 1.29 is 14.3 Å². The number of hydrogen-bond donors (Lipinski definition) is 1. The summed E-state index contributed by atoms with van der Waals surface area (Å²) in [5, 5.41) is 1.19. The van der Waals surface area contributed by atoms with Crippen molar-refractivity contribution in [2.75, 3.05) is 34.0 Å². The summed E-state index contributed by atoms with van der Waals surface area (Å²) in [6.07, 6.45) is 4.91. The number of carbonyl (C=O) groups is 1. The minimum Gasteiger partial charge on any atom is -0.382 e. The molecule has 0 fully saturated rings. The average molecular weight is 330 g/mol. The van der Waals surface area contributed by atoms with E-state index in [0.29, 0.717) is 13.2 Å². The van der Waals surface area contributed by atoms with Gasteiger partial charge in [-0.3, -0.25) is 15.2 Å². The van der Waals surface area contributed by atoms with Crippen LogP contribution in [0, 0.1) is 83.5 Å². The second kappa shape index (κ2) is 16.5. The Kier molecular flexibility index (Phi) is 13.9. The highest BCUT2D eigenvalue weighted by atomic mass is 16.5. The van der Waals surface area contributed by atoms with Gasteiger partial charge in [-0.25, -0.2) is 0 Å². The number of nitrogens with zero attached hydrogens (tertiary/aromatic N) is 1. The van der Waals surface area contributed by atoms with Gasteiger partial charge < -0.3 is 9.47 Å². The summed E-state index contributed by atoms with van der Waals surface area (Å²) in [7, 11) is 3.08. The predicted molar refractivity (Wildman–Crippen MR) is 94.1 cm³/mol. The molecule has 0 aliphatic rings. The van der Waals surface area contributed by atoms with E-state index in [4.69, 9.17) is 15.9 Å². The third kappa shape index (κ3) is 14.8. The molecular formula is C20H14N2O3. The molecule has 0 aromatic rings. The normalized spacial score (nSPS) is 6.60. The van der Waals surface area contributed by atoms with Gasteiger partial charge in [-0.05, 0) is 35.5 Å². The Morgan fingerprint density at radius 3 is 1.96 bits per heavy atom. The van der Waals surface area contributed by atoms with Crippen LogP contribution in [0.25, 0.3) is 0 Å². The zero-order valence-electron chi connectivity index (χ0n) is 13.9. The molecule has 1 N–H and O–H groups in total. The molecule has 0 saturated carbocycles. The Labute approximate surface area is 148 Å². The number of ether oxygens (including phenoxy) is 2. The third-order valence-electron chi connectivity index (χ3n) is 2.01. The van der Waals surface area contributed by atoms with E-state index in [1.165, 1.54) is 12.1 Å². The molecule has 0 aliphatic heterocycles. The lowest BCUT2D eigenvalue weighted by atomic mass is 10.5. The van der Waals surface area contributed by atoms with Crippen molar-refractivity contribution in [2.24, 2.45) is 0 Å². The second-order valence-electron chi connectivity index (χ2n) is 3.75. The van der Waals surface area contributed by atoms with Gasteiger partial charge in [-0.1, -0.05) is 0 Å². The Balaban J connectivity index is 4.17. The lowest BCUT2D eigenvalue weighted by molar-refractivity contribution is -0.137. The average Bonchev–Trinajstić information content (AvgIpc) is 2.62. The summed E-state index contributed by atoms with van der Waals surface area (Å²) in [5.74, 6) is 28.8. The van der Waals surface area contributed by atoms with E-state index in [0.717, 1.165) is 0 Å². The maximum atomic E-state index is 11.6. The fraction of sp³-hybridized carbons (Fsp3) is 0.250. The quantitative estimate of drug-likeness (QED) is 0.301. The number of terminal acetylenes is 1. The van der Waals surface area contributed by atoms with E-state index in [1.54, 1.807) is 7.11 Å². The Morgan fingerprint density at radius 2 is 1.44 bits per heavy atom. The van der Waals surface area contributed by atoms with E-state index in [-0.39, 0.29) is 12.5 Å². The number of amides is 1. The molecular weight excluding hydrogens is 316 g/mol. The molecule has 1 amide bonds. The summed E-state index contributed by atoms with van der Waals surface area (Å²) in [4.78, 5) is 11.6. The number of hydrazine groups is 1. The van der Waals surface area contributed by atoms with Gasteiger partial charge in [0.25, 0.3) is 5.91 Å². The minimum atomic E-state index is -0.276. The maximum absolute atomic E-state index is 11.6. The Morgan fingerprint density at radius 1 is 0.920 bits per heavy atom. The Bertz CT molecular complexity index is 858. The van der Waals surface area contributed by atoms with Gasteiger partial charge in [0.05, 0.1) is 13.2 Å². The van der Waals surface area contributed by atoms with Crippen molar-refractivity contribution in [3.63, 3.8) is 0 Å². The molecule has 25 heavy (non-hydrogen) atoms. The molecule has 0 bridgehead atoms. The molecule has 0 aromatic heterocycles. The highest BCUT2D eigenvalue weighted by Crippen LogP contribution is 1.82. The first-order valence-corrected chi connectivity index (χ1v) is 6.77. The maximum Gasteiger partial charge on any atom is 0.267 e. The number of hydrogen-bond acceptors (Lipinski definition) is 4. The first kappa shape index (κ1) is 21.1. The molecule has 0 atom stereocenters. The number of carbonyl (C=O) groups excluding carboxylic acids is 1. The van der Waals surface area contributed by atoms with Crippen LogP contribution in [0.3, 0.4) is 0 Å². The van der Waals surface area contributed by atoms with E-state index >= 15 is 0 Å². The smallest absolute Gasteiger partial charge is 0.267 e. The molecule has 5 heteroatoms. The van der Waals surface area contributed by atoms with Crippen LogP contribution >= 0.6 is 0 Å².